The van der Waals surface area contributed by atoms with E-state index in [2.05, 4.69) is 15.0 Å². The fourth-order valence-electron chi connectivity index (χ4n) is 1.95. The van der Waals surface area contributed by atoms with Crippen molar-refractivity contribution >= 4 is 15.9 Å². The van der Waals surface area contributed by atoms with Crippen LogP contribution in [0.3, 0.4) is 0 Å². The molecule has 0 fully saturated rings. The maximum atomic E-state index is 12.2. The third-order valence-corrected chi connectivity index (χ3v) is 4.67. The van der Waals surface area contributed by atoms with Crippen LogP contribution in [0.5, 0.6) is 0 Å². The van der Waals surface area contributed by atoms with Crippen LogP contribution in [-0.2, 0) is 21.3 Å². The van der Waals surface area contributed by atoms with E-state index < -0.39 is 10.0 Å². The van der Waals surface area contributed by atoms with Gasteiger partial charge in [0.25, 0.3) is 5.91 Å². The Morgan fingerprint density at radius 2 is 1.96 bits per heavy atom. The Hall–Kier alpha value is -2.29. The molecule has 1 aromatic heterocycles. The van der Waals surface area contributed by atoms with Crippen LogP contribution in [0.1, 0.15) is 15.9 Å². The number of carbonyl (C=O) groups is 1. The van der Waals surface area contributed by atoms with Crippen molar-refractivity contribution in [3.05, 3.63) is 59.9 Å². The summed E-state index contributed by atoms with van der Waals surface area (Å²) in [5, 5.41) is 2.74. The van der Waals surface area contributed by atoms with Crippen LogP contribution in [0.2, 0.25) is 0 Å². The molecule has 0 aliphatic carbocycles. The zero-order chi connectivity index (χ0) is 17.4. The van der Waals surface area contributed by atoms with E-state index in [1.54, 1.807) is 30.6 Å². The summed E-state index contributed by atoms with van der Waals surface area (Å²) in [6.45, 7) is 0.771. The Kier molecular flexibility index (Phi) is 6.42. The summed E-state index contributed by atoms with van der Waals surface area (Å²) in [5.41, 5.74) is 1.18. The standard InChI is InChI=1S/C16H19N3O4S/c1-23-10-9-19-24(21,22)15-4-2-3-14(11-15)16(20)18-12-13-5-7-17-8-6-13/h2-8,11,19H,9-10,12H2,1H3,(H,18,20). The zero-order valence-electron chi connectivity index (χ0n) is 13.2. The van der Waals surface area contributed by atoms with Gasteiger partial charge in [0, 0.05) is 38.2 Å². The first-order valence-corrected chi connectivity index (χ1v) is 8.77. The number of nitrogens with zero attached hydrogens (tertiary/aromatic N) is 1. The smallest absolute Gasteiger partial charge is 0.251 e. The molecule has 0 aliphatic rings. The van der Waals surface area contributed by atoms with Crippen LogP contribution in [0.25, 0.3) is 0 Å². The highest BCUT2D eigenvalue weighted by molar-refractivity contribution is 7.89. The number of sulfonamides is 1. The quantitative estimate of drug-likeness (QED) is 0.691. The van der Waals surface area contributed by atoms with Gasteiger partial charge in [0.15, 0.2) is 0 Å². The van der Waals surface area contributed by atoms with E-state index in [-0.39, 0.29) is 29.5 Å². The van der Waals surface area contributed by atoms with Crippen LogP contribution >= 0.6 is 0 Å². The van der Waals surface area contributed by atoms with E-state index >= 15 is 0 Å². The molecule has 0 bridgehead atoms. The van der Waals surface area contributed by atoms with Crippen LogP contribution in [0.15, 0.2) is 53.7 Å². The van der Waals surface area contributed by atoms with Gasteiger partial charge in [0.1, 0.15) is 0 Å². The lowest BCUT2D eigenvalue weighted by Gasteiger charge is -2.09. The summed E-state index contributed by atoms with van der Waals surface area (Å²) >= 11 is 0. The van der Waals surface area contributed by atoms with E-state index in [4.69, 9.17) is 4.74 Å². The van der Waals surface area contributed by atoms with E-state index in [9.17, 15) is 13.2 Å². The average molecular weight is 349 g/mol. The van der Waals surface area contributed by atoms with Crippen molar-refractivity contribution in [2.45, 2.75) is 11.4 Å². The van der Waals surface area contributed by atoms with Crippen LogP contribution in [0, 0.1) is 0 Å². The molecule has 0 aliphatic heterocycles. The lowest BCUT2D eigenvalue weighted by atomic mass is 10.2. The van der Waals surface area contributed by atoms with Crippen molar-refractivity contribution in [3.63, 3.8) is 0 Å². The fourth-order valence-corrected chi connectivity index (χ4v) is 3.01. The van der Waals surface area contributed by atoms with Crippen molar-refractivity contribution in [3.8, 4) is 0 Å². The molecule has 0 atom stereocenters. The molecule has 2 N–H and O–H groups in total. The molecular weight excluding hydrogens is 330 g/mol. The predicted molar refractivity (Wildman–Crippen MR) is 88.9 cm³/mol. The fraction of sp³-hybridized carbons (Fsp3) is 0.250. The lowest BCUT2D eigenvalue weighted by Crippen LogP contribution is -2.28. The Balaban J connectivity index is 2.05. The largest absolute Gasteiger partial charge is 0.383 e. The number of hydrogen-bond acceptors (Lipinski definition) is 5. The second-order valence-electron chi connectivity index (χ2n) is 4.96. The van der Waals surface area contributed by atoms with Gasteiger partial charge in [-0.05, 0) is 35.9 Å². The molecule has 0 unspecified atom stereocenters. The summed E-state index contributed by atoms with van der Waals surface area (Å²) in [4.78, 5) is 16.1. The highest BCUT2D eigenvalue weighted by atomic mass is 32.2. The molecule has 1 heterocycles. The summed E-state index contributed by atoms with van der Waals surface area (Å²) in [5.74, 6) is -0.347. The van der Waals surface area contributed by atoms with Gasteiger partial charge in [-0.2, -0.15) is 0 Å². The number of amides is 1. The second kappa shape index (κ2) is 8.53. The van der Waals surface area contributed by atoms with Gasteiger partial charge in [-0.25, -0.2) is 13.1 Å². The third kappa shape index (κ3) is 5.12. The van der Waals surface area contributed by atoms with E-state index in [1.165, 1.54) is 25.3 Å². The molecule has 0 saturated heterocycles. The third-order valence-electron chi connectivity index (χ3n) is 3.21. The average Bonchev–Trinajstić information content (AvgIpc) is 2.61. The number of ether oxygens (including phenoxy) is 1. The van der Waals surface area contributed by atoms with E-state index in [0.717, 1.165) is 5.56 Å². The van der Waals surface area contributed by atoms with Gasteiger partial charge in [0.05, 0.1) is 11.5 Å². The minimum absolute atomic E-state index is 0.0372. The monoisotopic (exact) mass is 349 g/mol. The zero-order valence-corrected chi connectivity index (χ0v) is 14.0. The Morgan fingerprint density at radius 3 is 2.67 bits per heavy atom. The molecule has 1 amide bonds. The minimum atomic E-state index is -3.67. The Labute approximate surface area is 141 Å². The maximum absolute atomic E-state index is 12.2. The topological polar surface area (TPSA) is 97.4 Å². The first-order valence-electron chi connectivity index (χ1n) is 7.29. The summed E-state index contributed by atoms with van der Waals surface area (Å²) in [7, 11) is -2.19. The molecule has 8 heteroatoms. The molecule has 2 aromatic rings. The number of hydrogen-bond donors (Lipinski definition) is 2. The first-order chi connectivity index (χ1) is 11.5. The van der Waals surface area contributed by atoms with Gasteiger partial charge in [-0.15, -0.1) is 0 Å². The molecule has 24 heavy (non-hydrogen) atoms. The number of aromatic nitrogens is 1. The number of benzene rings is 1. The second-order valence-corrected chi connectivity index (χ2v) is 6.72. The molecule has 0 spiro atoms. The number of carbonyl (C=O) groups excluding carboxylic acids is 1. The molecule has 1 aromatic carbocycles. The van der Waals surface area contributed by atoms with E-state index in [0.29, 0.717) is 6.54 Å². The first kappa shape index (κ1) is 18.1. The molecule has 7 nitrogen and oxygen atoms in total. The van der Waals surface area contributed by atoms with Crippen molar-refractivity contribution in [1.82, 2.24) is 15.0 Å². The van der Waals surface area contributed by atoms with Crippen LogP contribution in [0.4, 0.5) is 0 Å². The SMILES string of the molecule is COCCNS(=O)(=O)c1cccc(C(=O)NCc2ccncc2)c1. The summed E-state index contributed by atoms with van der Waals surface area (Å²) in [6.07, 6.45) is 3.28. The van der Waals surface area contributed by atoms with Crippen molar-refractivity contribution in [1.29, 1.82) is 0 Å². The van der Waals surface area contributed by atoms with Gasteiger partial charge >= 0.3 is 0 Å². The summed E-state index contributed by atoms with van der Waals surface area (Å²) < 4.78 is 31.5. The number of nitrogens with one attached hydrogen (secondary N) is 2. The van der Waals surface area contributed by atoms with Crippen LogP contribution < -0.4 is 10.0 Å². The maximum Gasteiger partial charge on any atom is 0.251 e. The molecule has 128 valence electrons. The number of rotatable bonds is 8. The Bertz CT molecular complexity index is 779. The minimum Gasteiger partial charge on any atom is -0.383 e. The van der Waals surface area contributed by atoms with E-state index in [1.807, 2.05) is 0 Å². The van der Waals surface area contributed by atoms with Gasteiger partial charge in [0.2, 0.25) is 10.0 Å². The number of pyridine rings is 1. The number of methoxy groups -OCH3 is 1. The van der Waals surface area contributed by atoms with Crippen molar-refractivity contribution in [2.24, 2.45) is 0 Å². The lowest BCUT2D eigenvalue weighted by molar-refractivity contribution is 0.0950. The Morgan fingerprint density at radius 1 is 1.21 bits per heavy atom. The molecule has 0 radical (unpaired) electrons. The molecular formula is C16H19N3O4S. The molecule has 2 rings (SSSR count). The van der Waals surface area contributed by atoms with Crippen LogP contribution in [-0.4, -0.2) is 39.6 Å². The summed E-state index contributed by atoms with van der Waals surface area (Å²) in [6, 6.07) is 9.47. The van der Waals surface area contributed by atoms with Crippen molar-refractivity contribution < 1.29 is 17.9 Å². The molecule has 0 saturated carbocycles. The highest BCUT2D eigenvalue weighted by Gasteiger charge is 2.15. The normalized spacial score (nSPS) is 11.2. The predicted octanol–water partition coefficient (Wildman–Crippen LogP) is 0.936. The van der Waals surface area contributed by atoms with Gasteiger partial charge in [-0.1, -0.05) is 6.07 Å². The van der Waals surface area contributed by atoms with Gasteiger partial charge < -0.3 is 10.1 Å². The van der Waals surface area contributed by atoms with Crippen molar-refractivity contribution in [2.75, 3.05) is 20.3 Å². The highest BCUT2D eigenvalue weighted by Crippen LogP contribution is 2.11. The van der Waals surface area contributed by atoms with Gasteiger partial charge in [-0.3, -0.25) is 9.78 Å².